The molecule has 1 aliphatic heterocycles. The second kappa shape index (κ2) is 3.55. The third-order valence-corrected chi connectivity index (χ3v) is 2.57. The van der Waals surface area contributed by atoms with Gasteiger partial charge in [0.1, 0.15) is 5.69 Å². The molecule has 1 atom stereocenters. The van der Waals surface area contributed by atoms with E-state index in [4.69, 9.17) is 10.2 Å². The fraction of sp³-hybridized carbons (Fsp3) is 0.200. The molecule has 17 heavy (non-hydrogen) atoms. The minimum absolute atomic E-state index is 0.204. The van der Waals surface area contributed by atoms with Crippen molar-refractivity contribution in [3.8, 4) is 0 Å². The second-order valence-corrected chi connectivity index (χ2v) is 3.60. The second-order valence-electron chi connectivity index (χ2n) is 3.60. The van der Waals surface area contributed by atoms with Gasteiger partial charge in [0.25, 0.3) is 5.91 Å². The van der Waals surface area contributed by atoms with Crippen molar-refractivity contribution < 1.29 is 29.4 Å². The Morgan fingerprint density at radius 3 is 2.41 bits per heavy atom. The first-order chi connectivity index (χ1) is 7.93. The van der Waals surface area contributed by atoms with E-state index < -0.39 is 29.5 Å². The third kappa shape index (κ3) is 1.52. The van der Waals surface area contributed by atoms with Crippen LogP contribution in [0.1, 0.15) is 21.0 Å². The number of carbonyl (C=O) groups excluding carboxylic acids is 2. The third-order valence-electron chi connectivity index (χ3n) is 2.57. The minimum Gasteiger partial charge on any atom is -0.480 e. The summed E-state index contributed by atoms with van der Waals surface area (Å²) in [5.74, 6) is -6.47. The van der Waals surface area contributed by atoms with Crippen molar-refractivity contribution in [1.82, 2.24) is 4.57 Å². The Hall–Kier alpha value is -2.44. The topological polar surface area (TPSA) is 114 Å². The maximum Gasteiger partial charge on any atom is 0.352 e. The molecule has 0 spiro atoms. The molecule has 0 aromatic carbocycles. The number of rotatable bonds is 2. The number of fused-ring (bicyclic) bond motifs is 1. The summed E-state index contributed by atoms with van der Waals surface area (Å²) in [6.45, 7) is 0. The van der Waals surface area contributed by atoms with Gasteiger partial charge in [0, 0.05) is 12.1 Å². The average molecular weight is 237 g/mol. The summed E-state index contributed by atoms with van der Waals surface area (Å²) in [4.78, 5) is 44.8. The van der Waals surface area contributed by atoms with Crippen molar-refractivity contribution in [1.29, 1.82) is 0 Å². The van der Waals surface area contributed by atoms with Crippen LogP contribution in [0.15, 0.2) is 12.1 Å². The number of aliphatic carboxylic acids is 1. The molecule has 0 saturated carbocycles. The van der Waals surface area contributed by atoms with Crippen molar-refractivity contribution in [3.63, 3.8) is 0 Å². The first-order valence-corrected chi connectivity index (χ1v) is 4.67. The van der Waals surface area contributed by atoms with Gasteiger partial charge in [0.15, 0.2) is 11.7 Å². The van der Waals surface area contributed by atoms with Crippen LogP contribution in [0.4, 0.5) is 0 Å². The molecule has 88 valence electrons. The number of carboxylic acids is 2. The van der Waals surface area contributed by atoms with Crippen LogP contribution in [-0.4, -0.2) is 38.4 Å². The van der Waals surface area contributed by atoms with Gasteiger partial charge in [-0.25, -0.2) is 4.79 Å². The molecule has 2 rings (SSSR count). The van der Waals surface area contributed by atoms with Crippen LogP contribution < -0.4 is 0 Å². The minimum atomic E-state index is -1.81. The summed E-state index contributed by atoms with van der Waals surface area (Å²) in [6.07, 6.45) is -0.254. The molecule has 0 fully saturated rings. The number of aromatic nitrogens is 1. The standard InChI is InChI=1S/C10H7NO6/c12-6-3-4-1-2-5(9(14)15)11(4)8(13)7(6)10(16)17/h1-2,7H,3H2,(H,14,15)(H,16,17)/t7-/m1/s1. The molecule has 2 N–H and O–H groups in total. The largest absolute Gasteiger partial charge is 0.480 e. The predicted octanol–water partition coefficient (Wildman–Crippen LogP) is -0.348. The molecule has 0 amide bonds. The summed E-state index contributed by atoms with van der Waals surface area (Å²) in [6, 6.07) is 2.50. The summed E-state index contributed by atoms with van der Waals surface area (Å²) in [5, 5.41) is 17.6. The molecule has 0 unspecified atom stereocenters. The molecule has 0 saturated heterocycles. The van der Waals surface area contributed by atoms with Crippen molar-refractivity contribution in [2.24, 2.45) is 5.92 Å². The lowest BCUT2D eigenvalue weighted by Gasteiger charge is -2.19. The van der Waals surface area contributed by atoms with Gasteiger partial charge >= 0.3 is 11.9 Å². The molecule has 0 aliphatic carbocycles. The zero-order chi connectivity index (χ0) is 12.7. The van der Waals surface area contributed by atoms with Gasteiger partial charge in [0.05, 0.1) is 0 Å². The monoisotopic (exact) mass is 237 g/mol. The van der Waals surface area contributed by atoms with E-state index in [9.17, 15) is 19.2 Å². The highest BCUT2D eigenvalue weighted by molar-refractivity contribution is 6.19. The van der Waals surface area contributed by atoms with E-state index in [0.717, 1.165) is 4.57 Å². The van der Waals surface area contributed by atoms with Crippen molar-refractivity contribution >= 4 is 23.6 Å². The van der Waals surface area contributed by atoms with E-state index in [1.807, 2.05) is 0 Å². The molecule has 2 heterocycles. The van der Waals surface area contributed by atoms with Crippen molar-refractivity contribution in [2.75, 3.05) is 0 Å². The van der Waals surface area contributed by atoms with Crippen LogP contribution in [0.2, 0.25) is 0 Å². The van der Waals surface area contributed by atoms with Crippen LogP contribution in [0.25, 0.3) is 0 Å². The number of aromatic carboxylic acids is 1. The number of carbonyl (C=O) groups is 4. The molecule has 1 aliphatic rings. The predicted molar refractivity (Wildman–Crippen MR) is 51.9 cm³/mol. The summed E-state index contributed by atoms with van der Waals surface area (Å²) in [7, 11) is 0. The lowest BCUT2D eigenvalue weighted by Crippen LogP contribution is -2.42. The van der Waals surface area contributed by atoms with Gasteiger partial charge in [-0.3, -0.25) is 19.0 Å². The van der Waals surface area contributed by atoms with Crippen LogP contribution in [0, 0.1) is 5.92 Å². The maximum absolute atomic E-state index is 11.8. The summed E-state index contributed by atoms with van der Waals surface area (Å²) < 4.78 is 0.780. The Morgan fingerprint density at radius 2 is 1.88 bits per heavy atom. The van der Waals surface area contributed by atoms with Crippen LogP contribution in [0.3, 0.4) is 0 Å². The Labute approximate surface area is 94.3 Å². The van der Waals surface area contributed by atoms with Crippen LogP contribution in [-0.2, 0) is 16.0 Å². The Morgan fingerprint density at radius 1 is 1.24 bits per heavy atom. The zero-order valence-electron chi connectivity index (χ0n) is 8.41. The quantitative estimate of drug-likeness (QED) is 0.679. The molecule has 7 heteroatoms. The van der Waals surface area contributed by atoms with Crippen molar-refractivity contribution in [3.05, 3.63) is 23.5 Å². The molecular formula is C10H7NO6. The number of ketones is 1. The fourth-order valence-corrected chi connectivity index (χ4v) is 1.83. The van der Waals surface area contributed by atoms with E-state index in [-0.39, 0.29) is 17.8 Å². The normalized spacial score (nSPS) is 18.9. The van der Waals surface area contributed by atoms with Gasteiger partial charge in [0.2, 0.25) is 0 Å². The highest BCUT2D eigenvalue weighted by Gasteiger charge is 2.41. The first-order valence-electron chi connectivity index (χ1n) is 4.67. The Balaban J connectivity index is 2.58. The van der Waals surface area contributed by atoms with Gasteiger partial charge in [-0.2, -0.15) is 0 Å². The summed E-state index contributed by atoms with van der Waals surface area (Å²) in [5.41, 5.74) is -0.126. The lowest BCUT2D eigenvalue weighted by molar-refractivity contribution is -0.144. The number of nitrogens with zero attached hydrogens (tertiary/aromatic N) is 1. The molecule has 7 nitrogen and oxygen atoms in total. The van der Waals surface area contributed by atoms with E-state index in [0.29, 0.717) is 0 Å². The van der Waals surface area contributed by atoms with Gasteiger partial charge in [-0.15, -0.1) is 0 Å². The van der Waals surface area contributed by atoms with E-state index in [1.54, 1.807) is 0 Å². The fourth-order valence-electron chi connectivity index (χ4n) is 1.83. The molecule has 0 bridgehead atoms. The first kappa shape index (κ1) is 11.1. The van der Waals surface area contributed by atoms with Crippen LogP contribution >= 0.6 is 0 Å². The van der Waals surface area contributed by atoms with Gasteiger partial charge in [-0.1, -0.05) is 0 Å². The molecular weight excluding hydrogens is 230 g/mol. The maximum atomic E-state index is 11.8. The highest BCUT2D eigenvalue weighted by atomic mass is 16.4. The van der Waals surface area contributed by atoms with E-state index in [2.05, 4.69) is 0 Å². The Kier molecular flexibility index (Phi) is 2.31. The molecule has 1 aromatic heterocycles. The average Bonchev–Trinajstić information content (AvgIpc) is 2.60. The summed E-state index contributed by atoms with van der Waals surface area (Å²) >= 11 is 0. The Bertz CT molecular complexity index is 555. The molecule has 1 aromatic rings. The highest BCUT2D eigenvalue weighted by Crippen LogP contribution is 2.21. The molecule has 0 radical (unpaired) electrons. The van der Waals surface area contributed by atoms with E-state index in [1.165, 1.54) is 12.1 Å². The number of hydrogen-bond acceptors (Lipinski definition) is 4. The SMILES string of the molecule is O=C(O)c1ccc2n1C(=O)[C@H](C(=O)O)C(=O)C2. The van der Waals surface area contributed by atoms with Gasteiger partial charge in [-0.05, 0) is 12.1 Å². The number of carboxylic acid groups (broad SMARTS) is 2. The van der Waals surface area contributed by atoms with E-state index >= 15 is 0 Å². The van der Waals surface area contributed by atoms with Crippen molar-refractivity contribution in [2.45, 2.75) is 6.42 Å². The zero-order valence-corrected chi connectivity index (χ0v) is 8.41. The van der Waals surface area contributed by atoms with Crippen LogP contribution in [0.5, 0.6) is 0 Å². The smallest absolute Gasteiger partial charge is 0.352 e. The lowest BCUT2D eigenvalue weighted by atomic mass is 9.96. The number of hydrogen-bond donors (Lipinski definition) is 2. The number of Topliss-reactive ketones (excluding diaryl/α,β-unsaturated/α-hetero) is 1. The van der Waals surface area contributed by atoms with Gasteiger partial charge < -0.3 is 10.2 Å².